The van der Waals surface area contributed by atoms with Crippen LogP contribution in [0.2, 0.25) is 0 Å². The van der Waals surface area contributed by atoms with E-state index in [9.17, 15) is 5.11 Å². The molecular formula is C49H96O14. The first-order chi connectivity index (χ1) is 30.2. The fraction of sp³-hybridized carbons (Fsp3) is 0.959. The molecule has 0 aromatic heterocycles. The summed E-state index contributed by atoms with van der Waals surface area (Å²) in [6, 6.07) is 0. The summed E-state index contributed by atoms with van der Waals surface area (Å²) in [4.78, 5) is 0. The molecule has 0 amide bonds. The number of methoxy groups -OCH3 is 10. The molecule has 0 aromatic carbocycles. The van der Waals surface area contributed by atoms with Gasteiger partial charge in [0.25, 0.3) is 0 Å². The Bertz CT molecular complexity index is 1170. The van der Waals surface area contributed by atoms with Gasteiger partial charge in [-0.05, 0) is 63.2 Å². The predicted octanol–water partition coefficient (Wildman–Crippen LogP) is 7.05. The van der Waals surface area contributed by atoms with Crippen molar-refractivity contribution >= 4 is 0 Å². The van der Waals surface area contributed by atoms with Gasteiger partial charge in [-0.1, -0.05) is 52.7 Å². The third-order valence-corrected chi connectivity index (χ3v) is 13.7. The molecule has 7 unspecified atom stereocenters. The average molecular weight is 909 g/mol. The van der Waals surface area contributed by atoms with Crippen LogP contribution in [-0.2, 0) is 61.6 Å². The average Bonchev–Trinajstić information content (AvgIpc) is 3.72. The molecule has 17 atom stereocenters. The van der Waals surface area contributed by atoms with E-state index >= 15 is 0 Å². The Morgan fingerprint density at radius 2 is 1.22 bits per heavy atom. The molecule has 376 valence electrons. The van der Waals surface area contributed by atoms with Crippen LogP contribution in [0.4, 0.5) is 0 Å². The smallest absolute Gasteiger partial charge is 0.113 e. The molecule has 0 bridgehead atoms. The minimum absolute atomic E-state index is 0. The molecule has 3 aliphatic carbocycles. The van der Waals surface area contributed by atoms with Gasteiger partial charge in [0.1, 0.15) is 24.4 Å². The normalized spacial score (nSPS) is 39.7. The third-order valence-electron chi connectivity index (χ3n) is 13.7. The fourth-order valence-electron chi connectivity index (χ4n) is 10.1. The summed E-state index contributed by atoms with van der Waals surface area (Å²) in [5.41, 5.74) is -0.0555. The van der Waals surface area contributed by atoms with E-state index in [-0.39, 0.29) is 49.6 Å². The summed E-state index contributed by atoms with van der Waals surface area (Å²) >= 11 is 0. The van der Waals surface area contributed by atoms with Crippen LogP contribution in [0.3, 0.4) is 0 Å². The molecule has 5 fully saturated rings. The Balaban J connectivity index is 0.000000399. The van der Waals surface area contributed by atoms with Crippen LogP contribution in [-0.4, -0.2) is 182 Å². The number of allylic oxidation sites excluding steroid dienone is 1. The summed E-state index contributed by atoms with van der Waals surface area (Å²) < 4.78 is 69.7. The molecule has 6 rings (SSSR count). The zero-order valence-electron chi connectivity index (χ0n) is 42.3. The van der Waals surface area contributed by atoms with E-state index in [0.29, 0.717) is 61.8 Å². The lowest BCUT2D eigenvalue weighted by molar-refractivity contribution is -0.184. The number of aliphatic hydroxyl groups is 1. The third kappa shape index (κ3) is 19.0. The largest absolute Gasteiger partial charge is 0.390 e. The Morgan fingerprint density at radius 1 is 0.603 bits per heavy atom. The molecule has 2 saturated carbocycles. The Labute approximate surface area is 384 Å². The summed E-state index contributed by atoms with van der Waals surface area (Å²) in [7, 11) is 17.3. The van der Waals surface area contributed by atoms with Crippen molar-refractivity contribution in [2.45, 2.75) is 159 Å². The van der Waals surface area contributed by atoms with Crippen LogP contribution >= 0.6 is 0 Å². The predicted molar refractivity (Wildman–Crippen MR) is 247 cm³/mol. The van der Waals surface area contributed by atoms with Crippen molar-refractivity contribution in [3.63, 3.8) is 0 Å². The van der Waals surface area contributed by atoms with Crippen molar-refractivity contribution in [1.82, 2.24) is 0 Å². The summed E-state index contributed by atoms with van der Waals surface area (Å²) in [6.45, 7) is 14.9. The van der Waals surface area contributed by atoms with E-state index in [1.807, 2.05) is 14.0 Å². The molecule has 14 nitrogen and oxygen atoms in total. The molecule has 63 heavy (non-hydrogen) atoms. The van der Waals surface area contributed by atoms with Gasteiger partial charge in [-0.15, -0.1) is 0 Å². The quantitative estimate of drug-likeness (QED) is 0.141. The van der Waals surface area contributed by atoms with Crippen molar-refractivity contribution in [2.24, 2.45) is 35.5 Å². The highest BCUT2D eigenvalue weighted by Crippen LogP contribution is 2.46. The SMILES string of the molecule is COC[C@H]1C=C[C@@H](C)CC1OC.COC[C@H]1C[C@@H](C)CCCC1OC.COC[C@H]1OC[C@@H](C)C(O)C1OC.COC[C@H]1OC[C@@H](C)CC1OC.CO[C@@H]1CCC2(OC)C[C@H](C)OC12.[HH]. The molecule has 0 spiro atoms. The van der Waals surface area contributed by atoms with Gasteiger partial charge >= 0.3 is 0 Å². The minimum atomic E-state index is -0.459. The molecule has 0 aromatic rings. The zero-order valence-corrected chi connectivity index (χ0v) is 42.3. The lowest BCUT2D eigenvalue weighted by Gasteiger charge is -2.37. The topological polar surface area (TPSA) is 140 Å². The number of rotatable bonds is 14. The van der Waals surface area contributed by atoms with Crippen molar-refractivity contribution in [1.29, 1.82) is 0 Å². The lowest BCUT2D eigenvalue weighted by atomic mass is 9.87. The van der Waals surface area contributed by atoms with Gasteiger partial charge in [-0.3, -0.25) is 0 Å². The van der Waals surface area contributed by atoms with E-state index in [1.54, 1.807) is 64.0 Å². The highest BCUT2D eigenvalue weighted by Gasteiger charge is 2.55. The van der Waals surface area contributed by atoms with Crippen LogP contribution in [0.1, 0.15) is 93.8 Å². The van der Waals surface area contributed by atoms with E-state index in [0.717, 1.165) is 57.8 Å². The maximum absolute atomic E-state index is 9.77. The lowest BCUT2D eigenvalue weighted by Crippen LogP contribution is -2.51. The fourth-order valence-corrected chi connectivity index (χ4v) is 10.1. The zero-order chi connectivity index (χ0) is 47.0. The van der Waals surface area contributed by atoms with Crippen LogP contribution in [0.5, 0.6) is 0 Å². The van der Waals surface area contributed by atoms with Gasteiger partial charge < -0.3 is 66.7 Å². The number of hydrogen-bond donors (Lipinski definition) is 1. The Kier molecular flexibility index (Phi) is 29.6. The van der Waals surface area contributed by atoms with Crippen LogP contribution in [0.25, 0.3) is 0 Å². The summed E-state index contributed by atoms with van der Waals surface area (Å²) in [5.74, 6) is 3.24. The van der Waals surface area contributed by atoms with Gasteiger partial charge in [0.15, 0.2) is 0 Å². The molecule has 6 aliphatic rings. The Hall–Kier alpha value is -0.820. The van der Waals surface area contributed by atoms with Gasteiger partial charge in [0, 0.05) is 103 Å². The number of fused-ring (bicyclic) bond motifs is 1. The summed E-state index contributed by atoms with van der Waals surface area (Å²) in [6.07, 6.45) is 15.8. The number of ether oxygens (including phenoxy) is 13. The summed E-state index contributed by atoms with van der Waals surface area (Å²) in [5, 5.41) is 9.77. The molecule has 1 N–H and O–H groups in total. The van der Waals surface area contributed by atoms with Gasteiger partial charge in [0.2, 0.25) is 0 Å². The maximum atomic E-state index is 9.77. The maximum Gasteiger partial charge on any atom is 0.113 e. The molecule has 3 aliphatic heterocycles. The first-order valence-electron chi connectivity index (χ1n) is 23.6. The first kappa shape index (κ1) is 58.3. The van der Waals surface area contributed by atoms with Crippen LogP contribution < -0.4 is 0 Å². The van der Waals surface area contributed by atoms with Gasteiger partial charge in [-0.2, -0.15) is 0 Å². The van der Waals surface area contributed by atoms with Gasteiger partial charge in [0.05, 0.1) is 75.3 Å². The monoisotopic (exact) mass is 909 g/mol. The molecule has 3 saturated heterocycles. The van der Waals surface area contributed by atoms with Crippen LogP contribution in [0, 0.1) is 35.5 Å². The van der Waals surface area contributed by atoms with E-state index in [2.05, 4.69) is 39.8 Å². The molecular weight excluding hydrogens is 813 g/mol. The van der Waals surface area contributed by atoms with Crippen LogP contribution in [0.15, 0.2) is 12.2 Å². The highest BCUT2D eigenvalue weighted by atomic mass is 16.6. The second-order valence-corrected chi connectivity index (χ2v) is 18.8. The van der Waals surface area contributed by atoms with E-state index in [4.69, 9.17) is 61.6 Å². The highest BCUT2D eigenvalue weighted by molar-refractivity contribution is 5.06. The molecule has 14 heteroatoms. The van der Waals surface area contributed by atoms with E-state index in [1.165, 1.54) is 25.7 Å². The standard InChI is InChI=1S/C11H22O2.C10H18O3.C10H18O2.C9H18O4.C9H18O3.H2/c1-9-5-4-6-11(13-3)10(7-9)8-12-2;1-7-6-10(12-3)5-4-8(11-2)9(10)13-7;1-8-4-5-9(7-11-2)10(6-8)12-3;1-6-4-13-7(5-11-2)9(12-3)8(6)10;1-7-4-8(11-3)9(6-10-2)12-5-7;/h9-11H,4-8H2,1-3H3;7-9H,4-6H2,1-3H3;4-5,8-10H,6-7H2,1-3H3;6-10H,4-5H2,1-3H3;7-9H,4-6H2,1-3H3;1H/t9-,10+,11?;7-,8+,9?,10?;8-,9-,10?;6-,7-,8?,9?;7-,8?,9+;/m00110./s1. The number of hydrogen-bond acceptors (Lipinski definition) is 14. The van der Waals surface area contributed by atoms with Gasteiger partial charge in [-0.25, -0.2) is 0 Å². The second kappa shape index (κ2) is 32.0. The van der Waals surface area contributed by atoms with Crippen molar-refractivity contribution in [2.75, 3.05) is 111 Å². The number of aliphatic hydroxyl groups excluding tert-OH is 1. The minimum Gasteiger partial charge on any atom is -0.390 e. The van der Waals surface area contributed by atoms with Crippen molar-refractivity contribution < 1.29 is 68.1 Å². The second-order valence-electron chi connectivity index (χ2n) is 18.8. The first-order valence-corrected chi connectivity index (χ1v) is 23.6. The molecule has 3 heterocycles. The van der Waals surface area contributed by atoms with Crippen molar-refractivity contribution in [3.8, 4) is 0 Å². The molecule has 0 radical (unpaired) electrons. The van der Waals surface area contributed by atoms with E-state index < -0.39 is 6.10 Å². The van der Waals surface area contributed by atoms with Crippen molar-refractivity contribution in [3.05, 3.63) is 12.2 Å². The Morgan fingerprint density at radius 3 is 1.81 bits per heavy atom.